The molecule has 0 amide bonds. The Morgan fingerprint density at radius 1 is 0.333 bits per heavy atom. The predicted octanol–water partition coefficient (Wildman–Crippen LogP) is 3.11. The number of fused-ring (bicyclic) bond motifs is 2. The lowest BCUT2D eigenvalue weighted by Crippen LogP contribution is -2.37. The highest BCUT2D eigenvalue weighted by Gasteiger charge is 2.28. The molecule has 2 aliphatic carbocycles. The maximum Gasteiger partial charge on any atom is 0.0837 e. The van der Waals surface area contributed by atoms with E-state index in [9.17, 15) is 0 Å². The summed E-state index contributed by atoms with van der Waals surface area (Å²) in [5.74, 6) is 0. The van der Waals surface area contributed by atoms with Crippen molar-refractivity contribution in [3.63, 3.8) is 0 Å². The van der Waals surface area contributed by atoms with Crippen LogP contribution in [0.3, 0.4) is 0 Å². The first kappa shape index (κ1) is 21.5. The molecule has 0 spiro atoms. The fourth-order valence-corrected chi connectivity index (χ4v) is 4.26. The first-order valence-corrected chi connectivity index (χ1v) is 11.1. The zero-order chi connectivity index (χ0) is 18.6. The van der Waals surface area contributed by atoms with Crippen molar-refractivity contribution in [2.75, 3.05) is 52.9 Å². The lowest BCUT2D eigenvalue weighted by atomic mass is 9.94. The number of ether oxygens (including phenoxy) is 6. The Labute approximate surface area is 164 Å². The summed E-state index contributed by atoms with van der Waals surface area (Å²) in [7, 11) is 0. The van der Waals surface area contributed by atoms with Gasteiger partial charge in [0, 0.05) is 13.2 Å². The molecule has 1 heterocycles. The SMILES string of the molecule is C1COC2CCCCC2OCCOCCOCCOC2CCCCC2OC1. The molecule has 4 unspecified atom stereocenters. The van der Waals surface area contributed by atoms with E-state index in [-0.39, 0.29) is 24.4 Å². The van der Waals surface area contributed by atoms with E-state index >= 15 is 0 Å². The zero-order valence-corrected chi connectivity index (χ0v) is 16.8. The number of hydrogen-bond acceptors (Lipinski definition) is 6. The van der Waals surface area contributed by atoms with Crippen LogP contribution in [0.2, 0.25) is 0 Å². The van der Waals surface area contributed by atoms with E-state index in [1.165, 1.54) is 25.7 Å². The molecular weight excluding hydrogens is 348 g/mol. The van der Waals surface area contributed by atoms with Gasteiger partial charge in [-0.2, -0.15) is 0 Å². The molecule has 3 rings (SSSR count). The second-order valence-electron chi connectivity index (χ2n) is 7.78. The normalized spacial score (nSPS) is 36.4. The topological polar surface area (TPSA) is 55.4 Å². The zero-order valence-electron chi connectivity index (χ0n) is 16.8. The fourth-order valence-electron chi connectivity index (χ4n) is 4.26. The smallest absolute Gasteiger partial charge is 0.0837 e. The van der Waals surface area contributed by atoms with Gasteiger partial charge in [0.1, 0.15) is 0 Å². The van der Waals surface area contributed by atoms with Crippen LogP contribution in [0, 0.1) is 0 Å². The molecule has 0 aromatic carbocycles. The minimum absolute atomic E-state index is 0.206. The maximum absolute atomic E-state index is 6.15. The van der Waals surface area contributed by atoms with Crippen molar-refractivity contribution in [1.82, 2.24) is 0 Å². The molecule has 2 saturated carbocycles. The lowest BCUT2D eigenvalue weighted by Gasteiger charge is -2.32. The van der Waals surface area contributed by atoms with Crippen LogP contribution in [-0.2, 0) is 28.4 Å². The average Bonchev–Trinajstić information content (AvgIpc) is 2.70. The third-order valence-electron chi connectivity index (χ3n) is 5.73. The van der Waals surface area contributed by atoms with Crippen molar-refractivity contribution >= 4 is 0 Å². The van der Waals surface area contributed by atoms with E-state index in [1.807, 2.05) is 0 Å². The van der Waals surface area contributed by atoms with Gasteiger partial charge in [0.25, 0.3) is 0 Å². The van der Waals surface area contributed by atoms with Crippen molar-refractivity contribution in [3.05, 3.63) is 0 Å². The van der Waals surface area contributed by atoms with E-state index in [2.05, 4.69) is 0 Å². The van der Waals surface area contributed by atoms with E-state index in [0.717, 1.165) is 45.3 Å². The molecule has 6 heteroatoms. The van der Waals surface area contributed by atoms with Gasteiger partial charge in [-0.3, -0.25) is 0 Å². The molecule has 3 fully saturated rings. The quantitative estimate of drug-likeness (QED) is 0.638. The second kappa shape index (κ2) is 13.1. The molecular formula is C21H38O6. The van der Waals surface area contributed by atoms with E-state index in [0.29, 0.717) is 39.6 Å². The third kappa shape index (κ3) is 7.95. The highest BCUT2D eigenvalue weighted by Crippen LogP contribution is 2.25. The fraction of sp³-hybridized carbons (Fsp3) is 1.00. The second-order valence-corrected chi connectivity index (χ2v) is 7.78. The van der Waals surface area contributed by atoms with Crippen LogP contribution in [0.5, 0.6) is 0 Å². The van der Waals surface area contributed by atoms with Crippen LogP contribution in [-0.4, -0.2) is 77.3 Å². The first-order valence-electron chi connectivity index (χ1n) is 11.1. The van der Waals surface area contributed by atoms with Crippen LogP contribution >= 0.6 is 0 Å². The van der Waals surface area contributed by atoms with E-state index in [4.69, 9.17) is 28.4 Å². The summed E-state index contributed by atoms with van der Waals surface area (Å²) in [5.41, 5.74) is 0. The molecule has 158 valence electrons. The van der Waals surface area contributed by atoms with Gasteiger partial charge in [0.2, 0.25) is 0 Å². The summed E-state index contributed by atoms with van der Waals surface area (Å²) in [4.78, 5) is 0. The Kier molecular flexibility index (Phi) is 10.4. The molecule has 0 aromatic rings. The molecule has 0 bridgehead atoms. The van der Waals surface area contributed by atoms with Crippen molar-refractivity contribution < 1.29 is 28.4 Å². The van der Waals surface area contributed by atoms with Gasteiger partial charge in [0.15, 0.2) is 0 Å². The summed E-state index contributed by atoms with van der Waals surface area (Å²) in [6.45, 7) is 5.16. The van der Waals surface area contributed by atoms with Crippen LogP contribution in [0.4, 0.5) is 0 Å². The standard InChI is InChI=1S/C21H38O6/c1-3-8-20-18(6-1)24-10-5-11-25-19-7-2-4-9-21(19)27-17-15-23-13-12-22-14-16-26-20/h18-21H,1-17H2. The average molecular weight is 387 g/mol. The van der Waals surface area contributed by atoms with Gasteiger partial charge >= 0.3 is 0 Å². The molecule has 3 aliphatic rings. The molecule has 4 atom stereocenters. The Morgan fingerprint density at radius 3 is 1.07 bits per heavy atom. The Bertz CT molecular complexity index is 346. The molecule has 27 heavy (non-hydrogen) atoms. The lowest BCUT2D eigenvalue weighted by molar-refractivity contribution is -0.113. The third-order valence-corrected chi connectivity index (χ3v) is 5.73. The monoisotopic (exact) mass is 386 g/mol. The van der Waals surface area contributed by atoms with Crippen molar-refractivity contribution in [1.29, 1.82) is 0 Å². The molecule has 0 aromatic heterocycles. The minimum Gasteiger partial charge on any atom is -0.377 e. The molecule has 0 radical (unpaired) electrons. The number of hydrogen-bond donors (Lipinski definition) is 0. The highest BCUT2D eigenvalue weighted by atomic mass is 16.6. The van der Waals surface area contributed by atoms with Crippen molar-refractivity contribution in [2.45, 2.75) is 82.2 Å². The Morgan fingerprint density at radius 2 is 0.667 bits per heavy atom. The molecule has 6 nitrogen and oxygen atoms in total. The summed E-state index contributed by atoms with van der Waals surface area (Å²) in [6, 6.07) is 0. The van der Waals surface area contributed by atoms with E-state index in [1.54, 1.807) is 0 Å². The first-order chi connectivity index (χ1) is 13.4. The summed E-state index contributed by atoms with van der Waals surface area (Å²) >= 11 is 0. The van der Waals surface area contributed by atoms with Crippen LogP contribution in [0.25, 0.3) is 0 Å². The summed E-state index contributed by atoms with van der Waals surface area (Å²) in [6.07, 6.45) is 11.1. The van der Waals surface area contributed by atoms with Gasteiger partial charge in [-0.25, -0.2) is 0 Å². The van der Waals surface area contributed by atoms with Crippen LogP contribution < -0.4 is 0 Å². The van der Waals surface area contributed by atoms with Crippen molar-refractivity contribution in [2.24, 2.45) is 0 Å². The van der Waals surface area contributed by atoms with Gasteiger partial charge < -0.3 is 28.4 Å². The van der Waals surface area contributed by atoms with Gasteiger partial charge in [-0.1, -0.05) is 25.7 Å². The molecule has 1 aliphatic heterocycles. The van der Waals surface area contributed by atoms with Crippen molar-refractivity contribution in [3.8, 4) is 0 Å². The Balaban J connectivity index is 1.45. The van der Waals surface area contributed by atoms with Crippen LogP contribution in [0.15, 0.2) is 0 Å². The van der Waals surface area contributed by atoms with E-state index < -0.39 is 0 Å². The largest absolute Gasteiger partial charge is 0.377 e. The predicted molar refractivity (Wildman–Crippen MR) is 102 cm³/mol. The minimum atomic E-state index is 0.206. The molecule has 1 saturated heterocycles. The summed E-state index contributed by atoms with van der Waals surface area (Å²) < 4.78 is 35.6. The maximum atomic E-state index is 6.15. The van der Waals surface area contributed by atoms with Gasteiger partial charge in [-0.15, -0.1) is 0 Å². The van der Waals surface area contributed by atoms with Crippen LogP contribution in [0.1, 0.15) is 57.8 Å². The Hall–Kier alpha value is -0.240. The van der Waals surface area contributed by atoms with Gasteiger partial charge in [-0.05, 0) is 32.1 Å². The molecule has 0 N–H and O–H groups in total. The number of rotatable bonds is 0. The highest BCUT2D eigenvalue weighted by molar-refractivity contribution is 4.78. The van der Waals surface area contributed by atoms with Gasteiger partial charge in [0.05, 0.1) is 64.1 Å². The summed E-state index contributed by atoms with van der Waals surface area (Å²) in [5, 5.41) is 0.